The van der Waals surface area contributed by atoms with Crippen molar-refractivity contribution in [3.8, 4) is 11.5 Å². The van der Waals surface area contributed by atoms with Crippen LogP contribution < -0.4 is 0 Å². The molecular weight excluding hydrogens is 584 g/mol. The molecule has 0 aliphatic carbocycles. The quantitative estimate of drug-likeness (QED) is 0.0741. The summed E-state index contributed by atoms with van der Waals surface area (Å²) in [6, 6.07) is 8.07. The average Bonchev–Trinajstić information content (AvgIpc) is 2.87. The van der Waals surface area contributed by atoms with Gasteiger partial charge in [0.25, 0.3) is 0 Å². The number of ether oxygens (including phenoxy) is 1. The number of thioether (sulfide) groups is 1. The first-order valence-electron chi connectivity index (χ1n) is 16.0. The maximum atomic E-state index is 12.4. The molecule has 0 aliphatic heterocycles. The molecule has 7 heteroatoms. The summed E-state index contributed by atoms with van der Waals surface area (Å²) in [5, 5.41) is 21.9. The summed E-state index contributed by atoms with van der Waals surface area (Å²) in [6.45, 7) is 29.8. The van der Waals surface area contributed by atoms with E-state index in [9.17, 15) is 15.0 Å². The van der Waals surface area contributed by atoms with Gasteiger partial charge in [-0.1, -0.05) is 114 Å². The fourth-order valence-corrected chi connectivity index (χ4v) is 5.62. The first-order chi connectivity index (χ1) is 20.5. The minimum Gasteiger partial charge on any atom is -0.507 e. The van der Waals surface area contributed by atoms with Gasteiger partial charge in [0.15, 0.2) is 0 Å². The number of hydrogen-bond donors (Lipinski definition) is 2. The molecule has 0 atom stereocenters. The Balaban J connectivity index is 1.75. The van der Waals surface area contributed by atoms with Crippen molar-refractivity contribution in [2.24, 2.45) is 0 Å². The number of aromatic hydroxyl groups is 2. The van der Waals surface area contributed by atoms with Gasteiger partial charge >= 0.3 is 5.97 Å². The number of hydrogen-bond acceptors (Lipinski definition) is 7. The number of phenols is 2. The zero-order valence-corrected chi connectivity index (χ0v) is 30.7. The first kappa shape index (κ1) is 38.5. The van der Waals surface area contributed by atoms with E-state index >= 15 is 0 Å². The minimum atomic E-state index is -0.229. The lowest BCUT2D eigenvalue weighted by Gasteiger charge is -2.28. The van der Waals surface area contributed by atoms with Gasteiger partial charge in [0, 0.05) is 24.3 Å². The van der Waals surface area contributed by atoms with Crippen LogP contribution in [0.1, 0.15) is 123 Å². The number of rotatable bonds is 13. The van der Waals surface area contributed by atoms with Crippen molar-refractivity contribution in [1.29, 1.82) is 0 Å². The normalized spacial score (nSPS) is 12.7. The molecule has 0 saturated heterocycles. The summed E-state index contributed by atoms with van der Waals surface area (Å²) in [7, 11) is 0. The van der Waals surface area contributed by atoms with Crippen molar-refractivity contribution >= 4 is 17.7 Å². The SMILES string of the molecule is C=C(Cc1cc(C(C)(C)C)c(O)c(C(C)(C)C)c1)OOCCSCCOC(=O)CCc1cc(C(C)(C)C)c(O)c(C(C)(C)C)c1. The minimum absolute atomic E-state index is 0.205. The second-order valence-corrected chi connectivity index (χ2v) is 17.3. The molecule has 2 aromatic rings. The van der Waals surface area contributed by atoms with Crippen molar-refractivity contribution in [3.63, 3.8) is 0 Å². The van der Waals surface area contributed by atoms with Crippen LogP contribution in [0.5, 0.6) is 11.5 Å². The maximum Gasteiger partial charge on any atom is 0.306 e. The Bertz CT molecular complexity index is 1250. The molecule has 0 fully saturated rings. The smallest absolute Gasteiger partial charge is 0.306 e. The monoisotopic (exact) mass is 642 g/mol. The molecule has 45 heavy (non-hydrogen) atoms. The molecule has 0 unspecified atom stereocenters. The molecule has 252 valence electrons. The Labute approximate surface area is 276 Å². The predicted molar refractivity (Wildman–Crippen MR) is 187 cm³/mol. The summed E-state index contributed by atoms with van der Waals surface area (Å²) in [6.07, 6.45) is 1.33. The lowest BCUT2D eigenvalue weighted by atomic mass is 9.78. The van der Waals surface area contributed by atoms with E-state index in [2.05, 4.69) is 89.7 Å². The van der Waals surface area contributed by atoms with Crippen LogP contribution in [0, 0.1) is 0 Å². The highest BCUT2D eigenvalue weighted by Gasteiger charge is 2.28. The van der Waals surface area contributed by atoms with Crippen LogP contribution in [0.15, 0.2) is 36.6 Å². The highest BCUT2D eigenvalue weighted by Crippen LogP contribution is 2.41. The Morgan fingerprint density at radius 2 is 1.09 bits per heavy atom. The fraction of sp³-hybridized carbons (Fsp3) is 0.605. The van der Waals surface area contributed by atoms with E-state index in [-0.39, 0.29) is 34.1 Å². The van der Waals surface area contributed by atoms with Gasteiger partial charge in [-0.3, -0.25) is 4.79 Å². The molecule has 0 aliphatic rings. The van der Waals surface area contributed by atoms with Crippen LogP contribution in [-0.2, 0) is 53.8 Å². The standard InChI is InChI=1S/C38H58O6S/c1-25(20-27-23-30(37(8,9)10)34(41)31(24-27)38(11,12)13)44-43-17-19-45-18-16-42-32(39)15-14-26-21-28(35(2,3)4)33(40)29(22-26)36(5,6)7/h21-24,40-41H,1,14-20H2,2-13H3. The Morgan fingerprint density at radius 3 is 1.51 bits per heavy atom. The van der Waals surface area contributed by atoms with Crippen molar-refractivity contribution < 1.29 is 29.5 Å². The van der Waals surface area contributed by atoms with Crippen molar-refractivity contribution in [1.82, 2.24) is 0 Å². The summed E-state index contributed by atoms with van der Waals surface area (Å²) in [5.74, 6) is 2.32. The van der Waals surface area contributed by atoms with Gasteiger partial charge in [0.1, 0.15) is 30.5 Å². The van der Waals surface area contributed by atoms with Crippen LogP contribution in [-0.4, -0.2) is 40.9 Å². The molecular formula is C38H58O6S. The summed E-state index contributed by atoms with van der Waals surface area (Å²) in [4.78, 5) is 23.3. The summed E-state index contributed by atoms with van der Waals surface area (Å²) < 4.78 is 5.46. The highest BCUT2D eigenvalue weighted by atomic mass is 32.2. The Hall–Kier alpha value is -2.64. The van der Waals surface area contributed by atoms with Crippen molar-refractivity contribution in [2.45, 2.75) is 124 Å². The van der Waals surface area contributed by atoms with E-state index < -0.39 is 0 Å². The zero-order chi connectivity index (χ0) is 34.4. The molecule has 2 N–H and O–H groups in total. The third-order valence-corrected chi connectivity index (χ3v) is 8.48. The summed E-state index contributed by atoms with van der Waals surface area (Å²) >= 11 is 1.62. The number of carbonyl (C=O) groups excluding carboxylic acids is 1. The van der Waals surface area contributed by atoms with E-state index in [0.29, 0.717) is 54.8 Å². The first-order valence-corrected chi connectivity index (χ1v) is 17.1. The molecule has 0 bridgehead atoms. The molecule has 0 heterocycles. The van der Waals surface area contributed by atoms with E-state index in [4.69, 9.17) is 14.5 Å². The molecule has 6 nitrogen and oxygen atoms in total. The second-order valence-electron chi connectivity index (χ2n) is 16.0. The van der Waals surface area contributed by atoms with Crippen LogP contribution in [0.4, 0.5) is 0 Å². The molecule has 0 amide bonds. The molecule has 0 radical (unpaired) electrons. The third kappa shape index (κ3) is 11.9. The van der Waals surface area contributed by atoms with Gasteiger partial charge in [0.2, 0.25) is 0 Å². The number of allylic oxidation sites excluding steroid dienone is 1. The molecule has 2 aromatic carbocycles. The van der Waals surface area contributed by atoms with Crippen LogP contribution in [0.2, 0.25) is 0 Å². The zero-order valence-electron chi connectivity index (χ0n) is 29.9. The molecule has 0 aromatic heterocycles. The Kier molecular flexibility index (Phi) is 13.1. The van der Waals surface area contributed by atoms with Gasteiger partial charge in [-0.2, -0.15) is 16.6 Å². The summed E-state index contributed by atoms with van der Waals surface area (Å²) in [5.41, 5.74) is 4.82. The van der Waals surface area contributed by atoms with Crippen LogP contribution >= 0.6 is 11.8 Å². The third-order valence-electron chi connectivity index (χ3n) is 7.57. The lowest BCUT2D eigenvalue weighted by molar-refractivity contribution is -0.257. The fourth-order valence-electron chi connectivity index (χ4n) is 5.03. The van der Waals surface area contributed by atoms with Crippen LogP contribution in [0.3, 0.4) is 0 Å². The van der Waals surface area contributed by atoms with Gasteiger partial charge < -0.3 is 19.8 Å². The number of benzene rings is 2. The number of carbonyl (C=O) groups is 1. The van der Waals surface area contributed by atoms with Crippen LogP contribution in [0.25, 0.3) is 0 Å². The van der Waals surface area contributed by atoms with Crippen molar-refractivity contribution in [3.05, 3.63) is 70.0 Å². The van der Waals surface area contributed by atoms with E-state index in [0.717, 1.165) is 33.4 Å². The molecule has 0 saturated carbocycles. The average molecular weight is 643 g/mol. The van der Waals surface area contributed by atoms with Gasteiger partial charge in [-0.25, -0.2) is 0 Å². The van der Waals surface area contributed by atoms with Crippen molar-refractivity contribution in [2.75, 3.05) is 24.7 Å². The Morgan fingerprint density at radius 1 is 0.689 bits per heavy atom. The highest BCUT2D eigenvalue weighted by molar-refractivity contribution is 7.99. The van der Waals surface area contributed by atoms with Gasteiger partial charge in [-0.15, -0.1) is 0 Å². The maximum absolute atomic E-state index is 12.4. The lowest BCUT2D eigenvalue weighted by Crippen LogP contribution is -2.18. The molecule has 0 spiro atoms. The van der Waals surface area contributed by atoms with E-state index in [1.165, 1.54) is 0 Å². The van der Waals surface area contributed by atoms with E-state index in [1.54, 1.807) is 11.8 Å². The van der Waals surface area contributed by atoms with Gasteiger partial charge in [-0.05, 0) is 61.5 Å². The molecule has 2 rings (SSSR count). The second kappa shape index (κ2) is 15.3. The van der Waals surface area contributed by atoms with E-state index in [1.807, 2.05) is 24.3 Å². The largest absolute Gasteiger partial charge is 0.507 e. The topological polar surface area (TPSA) is 85.2 Å². The van der Waals surface area contributed by atoms with Gasteiger partial charge in [0.05, 0.1) is 0 Å². The number of phenolic OH excluding ortho intramolecular Hbond substituents is 2. The predicted octanol–water partition coefficient (Wildman–Crippen LogP) is 9.20. The number of esters is 1. The number of aryl methyl sites for hydroxylation is 1.